The average Bonchev–Trinajstić information content (AvgIpc) is 3.02. The third-order valence-electron chi connectivity index (χ3n) is 4.87. The second-order valence-electron chi connectivity index (χ2n) is 6.49. The van der Waals surface area contributed by atoms with Crippen molar-refractivity contribution in [3.63, 3.8) is 0 Å². The Kier molecular flexibility index (Phi) is 3.95. The molecule has 0 radical (unpaired) electrons. The SMILES string of the molecule is CC(=O)N[C@H]1C[C@H]2CN(Cc3cccn3C)[C@@H](C)C(=O)N2C1. The molecular formula is C16H24N4O2. The number of hydrogen-bond donors (Lipinski definition) is 1. The summed E-state index contributed by atoms with van der Waals surface area (Å²) in [5.74, 6) is 0.157. The highest BCUT2D eigenvalue weighted by Crippen LogP contribution is 2.27. The number of piperazine rings is 1. The van der Waals surface area contributed by atoms with Gasteiger partial charge in [0, 0.05) is 57.6 Å². The lowest BCUT2D eigenvalue weighted by molar-refractivity contribution is -0.143. The number of fused-ring (bicyclic) bond motifs is 1. The molecule has 0 spiro atoms. The van der Waals surface area contributed by atoms with Crippen molar-refractivity contribution in [2.45, 2.75) is 44.9 Å². The second kappa shape index (κ2) is 5.76. The highest BCUT2D eigenvalue weighted by molar-refractivity contribution is 5.83. The Morgan fingerprint density at radius 2 is 2.18 bits per heavy atom. The number of rotatable bonds is 3. The van der Waals surface area contributed by atoms with Gasteiger partial charge in [-0.05, 0) is 25.5 Å². The molecule has 2 saturated heterocycles. The molecule has 22 heavy (non-hydrogen) atoms. The minimum Gasteiger partial charge on any atom is -0.353 e. The minimum absolute atomic E-state index is 0.0222. The quantitative estimate of drug-likeness (QED) is 0.876. The fourth-order valence-electron chi connectivity index (χ4n) is 3.65. The lowest BCUT2D eigenvalue weighted by Crippen LogP contribution is -2.58. The smallest absolute Gasteiger partial charge is 0.240 e. The first-order valence-corrected chi connectivity index (χ1v) is 7.87. The van der Waals surface area contributed by atoms with Gasteiger partial charge in [-0.2, -0.15) is 0 Å². The van der Waals surface area contributed by atoms with Crippen LogP contribution < -0.4 is 5.32 Å². The number of aryl methyl sites for hydroxylation is 1. The topological polar surface area (TPSA) is 57.6 Å². The Morgan fingerprint density at radius 1 is 1.41 bits per heavy atom. The zero-order chi connectivity index (χ0) is 15.9. The van der Waals surface area contributed by atoms with Gasteiger partial charge in [-0.15, -0.1) is 0 Å². The van der Waals surface area contributed by atoms with Gasteiger partial charge in [0.2, 0.25) is 11.8 Å². The molecule has 2 aliphatic heterocycles. The molecule has 1 aromatic heterocycles. The van der Waals surface area contributed by atoms with Crippen molar-refractivity contribution in [2.75, 3.05) is 13.1 Å². The maximum Gasteiger partial charge on any atom is 0.240 e. The summed E-state index contributed by atoms with van der Waals surface area (Å²) in [6.07, 6.45) is 2.88. The first-order valence-electron chi connectivity index (χ1n) is 7.87. The van der Waals surface area contributed by atoms with Crippen LogP contribution in [0.25, 0.3) is 0 Å². The van der Waals surface area contributed by atoms with Crippen LogP contribution in [-0.4, -0.2) is 57.4 Å². The van der Waals surface area contributed by atoms with E-state index in [0.717, 1.165) is 19.5 Å². The summed E-state index contributed by atoms with van der Waals surface area (Å²) in [6, 6.07) is 4.32. The Morgan fingerprint density at radius 3 is 2.82 bits per heavy atom. The molecule has 0 aliphatic carbocycles. The number of hydrogen-bond acceptors (Lipinski definition) is 3. The van der Waals surface area contributed by atoms with Crippen LogP contribution in [-0.2, 0) is 23.2 Å². The number of nitrogens with zero attached hydrogens (tertiary/aromatic N) is 3. The van der Waals surface area contributed by atoms with Crippen LogP contribution in [0.2, 0.25) is 0 Å². The number of carbonyl (C=O) groups excluding carboxylic acids is 2. The molecular weight excluding hydrogens is 280 g/mol. The van der Waals surface area contributed by atoms with Gasteiger partial charge in [0.05, 0.1) is 6.04 Å². The molecule has 2 amide bonds. The van der Waals surface area contributed by atoms with E-state index in [9.17, 15) is 9.59 Å². The predicted molar refractivity (Wildman–Crippen MR) is 83.0 cm³/mol. The fraction of sp³-hybridized carbons (Fsp3) is 0.625. The number of aromatic nitrogens is 1. The summed E-state index contributed by atoms with van der Waals surface area (Å²) in [5.41, 5.74) is 1.21. The van der Waals surface area contributed by atoms with Crippen LogP contribution in [0, 0.1) is 0 Å². The molecule has 0 saturated carbocycles. The molecule has 2 fully saturated rings. The van der Waals surface area contributed by atoms with Gasteiger partial charge >= 0.3 is 0 Å². The van der Waals surface area contributed by atoms with E-state index in [4.69, 9.17) is 0 Å². The fourth-order valence-corrected chi connectivity index (χ4v) is 3.65. The highest BCUT2D eigenvalue weighted by atomic mass is 16.2. The van der Waals surface area contributed by atoms with E-state index in [1.54, 1.807) is 0 Å². The lowest BCUT2D eigenvalue weighted by Gasteiger charge is -2.41. The molecule has 6 nitrogen and oxygen atoms in total. The number of carbonyl (C=O) groups is 2. The van der Waals surface area contributed by atoms with E-state index < -0.39 is 0 Å². The molecule has 6 heteroatoms. The van der Waals surface area contributed by atoms with Gasteiger partial charge in [-0.25, -0.2) is 0 Å². The van der Waals surface area contributed by atoms with Crippen molar-refractivity contribution in [3.05, 3.63) is 24.0 Å². The standard InChI is InChI=1S/C16H24N4O2/c1-11-16(22)20-8-13(17-12(2)21)7-15(20)10-19(11)9-14-5-4-6-18(14)3/h4-6,11,13,15H,7-10H2,1-3H3,(H,17,21)/t11-,13-,15-/m0/s1. The van der Waals surface area contributed by atoms with Gasteiger partial charge in [0.25, 0.3) is 0 Å². The molecule has 2 aliphatic rings. The summed E-state index contributed by atoms with van der Waals surface area (Å²) in [4.78, 5) is 28.1. The summed E-state index contributed by atoms with van der Waals surface area (Å²) < 4.78 is 2.10. The molecule has 0 aromatic carbocycles. The van der Waals surface area contributed by atoms with Gasteiger partial charge < -0.3 is 14.8 Å². The summed E-state index contributed by atoms with van der Waals surface area (Å²) >= 11 is 0. The van der Waals surface area contributed by atoms with Crippen molar-refractivity contribution in [3.8, 4) is 0 Å². The third-order valence-corrected chi connectivity index (χ3v) is 4.87. The van der Waals surface area contributed by atoms with Crippen molar-refractivity contribution in [1.82, 2.24) is 19.7 Å². The summed E-state index contributed by atoms with van der Waals surface area (Å²) in [7, 11) is 2.03. The molecule has 1 N–H and O–H groups in total. The first-order chi connectivity index (χ1) is 10.5. The monoisotopic (exact) mass is 304 g/mol. The summed E-state index contributed by atoms with van der Waals surface area (Å²) in [6.45, 7) is 5.81. The minimum atomic E-state index is -0.109. The van der Waals surface area contributed by atoms with Crippen LogP contribution in [0.1, 0.15) is 26.0 Å². The van der Waals surface area contributed by atoms with Gasteiger partial charge in [-0.3, -0.25) is 14.5 Å². The van der Waals surface area contributed by atoms with Gasteiger partial charge in [-0.1, -0.05) is 0 Å². The largest absolute Gasteiger partial charge is 0.353 e. The molecule has 3 heterocycles. The van der Waals surface area contributed by atoms with Crippen LogP contribution in [0.3, 0.4) is 0 Å². The molecule has 120 valence electrons. The zero-order valence-corrected chi connectivity index (χ0v) is 13.5. The first kappa shape index (κ1) is 15.1. The molecule has 0 unspecified atom stereocenters. The van der Waals surface area contributed by atoms with Crippen molar-refractivity contribution in [1.29, 1.82) is 0 Å². The molecule has 3 atom stereocenters. The predicted octanol–water partition coefficient (Wildman–Crippen LogP) is 0.335. The van der Waals surface area contributed by atoms with E-state index in [0.29, 0.717) is 6.54 Å². The van der Waals surface area contributed by atoms with Gasteiger partial charge in [0.15, 0.2) is 0 Å². The Labute approximate surface area is 131 Å². The third kappa shape index (κ3) is 2.75. The van der Waals surface area contributed by atoms with Crippen LogP contribution in [0.15, 0.2) is 18.3 Å². The van der Waals surface area contributed by atoms with Crippen LogP contribution >= 0.6 is 0 Å². The van der Waals surface area contributed by atoms with E-state index in [-0.39, 0.29) is 29.9 Å². The van der Waals surface area contributed by atoms with Crippen LogP contribution in [0.5, 0.6) is 0 Å². The Balaban J connectivity index is 1.70. The summed E-state index contributed by atoms with van der Waals surface area (Å²) in [5, 5.41) is 2.95. The Bertz CT molecular complexity index is 582. The number of nitrogens with one attached hydrogen (secondary N) is 1. The van der Waals surface area contributed by atoms with E-state index in [1.807, 2.05) is 31.1 Å². The van der Waals surface area contributed by atoms with Crippen molar-refractivity contribution in [2.24, 2.45) is 7.05 Å². The van der Waals surface area contributed by atoms with Crippen molar-refractivity contribution < 1.29 is 9.59 Å². The van der Waals surface area contributed by atoms with E-state index in [1.165, 1.54) is 12.6 Å². The maximum absolute atomic E-state index is 12.6. The van der Waals surface area contributed by atoms with E-state index >= 15 is 0 Å². The van der Waals surface area contributed by atoms with Gasteiger partial charge in [0.1, 0.15) is 0 Å². The normalized spacial score (nSPS) is 28.8. The molecule has 0 bridgehead atoms. The second-order valence-corrected chi connectivity index (χ2v) is 6.49. The zero-order valence-electron chi connectivity index (χ0n) is 13.5. The number of amides is 2. The Hall–Kier alpha value is -1.82. The van der Waals surface area contributed by atoms with E-state index in [2.05, 4.69) is 20.9 Å². The highest BCUT2D eigenvalue weighted by Gasteiger charge is 2.43. The van der Waals surface area contributed by atoms with Crippen LogP contribution in [0.4, 0.5) is 0 Å². The van der Waals surface area contributed by atoms with Crippen molar-refractivity contribution >= 4 is 11.8 Å². The average molecular weight is 304 g/mol. The lowest BCUT2D eigenvalue weighted by atomic mass is 10.1. The maximum atomic E-state index is 12.6. The molecule has 1 aromatic rings. The molecule has 3 rings (SSSR count).